The smallest absolute Gasteiger partial charge is 0.375 e. The summed E-state index contributed by atoms with van der Waals surface area (Å²) < 4.78 is 4.80. The van der Waals surface area contributed by atoms with Crippen LogP contribution in [0.15, 0.2) is 0 Å². The predicted molar refractivity (Wildman–Crippen MR) is 41.1 cm³/mol. The quantitative estimate of drug-likeness (QED) is 0.449. The Bertz CT molecular complexity index is 165. The van der Waals surface area contributed by atoms with E-state index in [2.05, 4.69) is 0 Å². The maximum atomic E-state index is 10.8. The SMILES string of the molecule is CCC(=O)C(=O)OC(C)(C)C. The lowest BCUT2D eigenvalue weighted by molar-refractivity contribution is -0.162. The van der Waals surface area contributed by atoms with E-state index < -0.39 is 17.4 Å². The van der Waals surface area contributed by atoms with Gasteiger partial charge < -0.3 is 4.74 Å². The van der Waals surface area contributed by atoms with E-state index >= 15 is 0 Å². The number of hydrogen-bond donors (Lipinski definition) is 0. The first-order valence-corrected chi connectivity index (χ1v) is 3.63. The molecule has 0 aromatic rings. The van der Waals surface area contributed by atoms with Crippen LogP contribution in [0.3, 0.4) is 0 Å². The highest BCUT2D eigenvalue weighted by molar-refractivity contribution is 6.33. The Morgan fingerprint density at radius 2 is 1.73 bits per heavy atom. The van der Waals surface area contributed by atoms with Gasteiger partial charge in [-0.1, -0.05) is 6.92 Å². The van der Waals surface area contributed by atoms with Gasteiger partial charge in [0, 0.05) is 6.42 Å². The molecule has 3 nitrogen and oxygen atoms in total. The maximum absolute atomic E-state index is 10.8. The number of ketones is 1. The van der Waals surface area contributed by atoms with Gasteiger partial charge in [0.05, 0.1) is 0 Å². The number of esters is 1. The number of carbonyl (C=O) groups is 2. The summed E-state index contributed by atoms with van der Waals surface area (Å²) in [4.78, 5) is 21.5. The summed E-state index contributed by atoms with van der Waals surface area (Å²) in [5.74, 6) is -1.21. The monoisotopic (exact) mass is 158 g/mol. The fourth-order valence-electron chi connectivity index (χ4n) is 0.479. The second-order valence-corrected chi connectivity index (χ2v) is 3.28. The maximum Gasteiger partial charge on any atom is 0.375 e. The summed E-state index contributed by atoms with van der Waals surface area (Å²) in [5.41, 5.74) is -0.568. The van der Waals surface area contributed by atoms with E-state index in [0.717, 1.165) is 0 Å². The van der Waals surface area contributed by atoms with E-state index in [4.69, 9.17) is 4.74 Å². The van der Waals surface area contributed by atoms with E-state index in [9.17, 15) is 9.59 Å². The lowest BCUT2D eigenvalue weighted by atomic mass is 10.2. The highest BCUT2D eigenvalue weighted by atomic mass is 16.6. The first kappa shape index (κ1) is 10.1. The first-order valence-electron chi connectivity index (χ1n) is 3.63. The molecule has 0 heterocycles. The molecule has 3 heteroatoms. The van der Waals surface area contributed by atoms with Crippen LogP contribution >= 0.6 is 0 Å². The molecule has 0 unspecified atom stereocenters. The van der Waals surface area contributed by atoms with Crippen LogP contribution in [0, 0.1) is 0 Å². The average Bonchev–Trinajstić information content (AvgIpc) is 1.82. The number of carbonyl (C=O) groups excluding carboxylic acids is 2. The van der Waals surface area contributed by atoms with Crippen LogP contribution in [-0.4, -0.2) is 17.4 Å². The molecule has 0 aliphatic carbocycles. The van der Waals surface area contributed by atoms with Gasteiger partial charge in [0.2, 0.25) is 5.78 Å². The van der Waals surface area contributed by atoms with Crippen LogP contribution < -0.4 is 0 Å². The molecule has 0 bridgehead atoms. The minimum Gasteiger partial charge on any atom is -0.454 e. The molecule has 0 atom stereocenters. The topological polar surface area (TPSA) is 43.4 Å². The molecule has 0 aromatic carbocycles. The highest BCUT2D eigenvalue weighted by Gasteiger charge is 2.20. The van der Waals surface area contributed by atoms with Crippen LogP contribution in [0.4, 0.5) is 0 Å². The molecule has 0 saturated heterocycles. The van der Waals surface area contributed by atoms with Crippen molar-refractivity contribution in [2.45, 2.75) is 39.7 Å². The van der Waals surface area contributed by atoms with Crippen molar-refractivity contribution in [3.05, 3.63) is 0 Å². The standard InChI is InChI=1S/C8H14O3/c1-5-6(9)7(10)11-8(2,3)4/h5H2,1-4H3. The molecule has 0 aliphatic rings. The van der Waals surface area contributed by atoms with E-state index in [1.165, 1.54) is 0 Å². The van der Waals surface area contributed by atoms with Crippen molar-refractivity contribution >= 4 is 11.8 Å². The zero-order valence-electron chi connectivity index (χ0n) is 7.43. The van der Waals surface area contributed by atoms with Crippen molar-refractivity contribution in [2.24, 2.45) is 0 Å². The molecule has 0 aromatic heterocycles. The molecule has 0 radical (unpaired) electrons. The Morgan fingerprint density at radius 3 is 2.00 bits per heavy atom. The highest BCUT2D eigenvalue weighted by Crippen LogP contribution is 2.07. The summed E-state index contributed by atoms with van der Waals surface area (Å²) in [6.45, 7) is 6.82. The molecular formula is C8H14O3. The van der Waals surface area contributed by atoms with Crippen LogP contribution in [0.5, 0.6) is 0 Å². The Morgan fingerprint density at radius 1 is 1.27 bits per heavy atom. The third-order valence-electron chi connectivity index (χ3n) is 0.948. The minimum absolute atomic E-state index is 0.203. The Labute approximate surface area is 66.7 Å². The number of hydrogen-bond acceptors (Lipinski definition) is 3. The van der Waals surface area contributed by atoms with Gasteiger partial charge in [0.25, 0.3) is 0 Å². The summed E-state index contributed by atoms with van der Waals surface area (Å²) >= 11 is 0. The van der Waals surface area contributed by atoms with Gasteiger partial charge in [-0.25, -0.2) is 4.79 Å². The van der Waals surface area contributed by atoms with E-state index in [1.54, 1.807) is 27.7 Å². The molecule has 0 fully saturated rings. The Kier molecular flexibility index (Phi) is 3.23. The van der Waals surface area contributed by atoms with Crippen LogP contribution in [-0.2, 0) is 14.3 Å². The van der Waals surface area contributed by atoms with Crippen molar-refractivity contribution in [1.82, 2.24) is 0 Å². The molecule has 0 saturated carbocycles. The predicted octanol–water partition coefficient (Wildman–Crippen LogP) is 1.31. The number of rotatable bonds is 2. The molecule has 0 N–H and O–H groups in total. The van der Waals surface area contributed by atoms with E-state index in [1.807, 2.05) is 0 Å². The van der Waals surface area contributed by atoms with Crippen LogP contribution in [0.2, 0.25) is 0 Å². The Balaban J connectivity index is 3.99. The first-order chi connectivity index (χ1) is 4.87. The number of ether oxygens (including phenoxy) is 1. The second-order valence-electron chi connectivity index (χ2n) is 3.28. The third-order valence-corrected chi connectivity index (χ3v) is 0.948. The normalized spacial score (nSPS) is 10.9. The molecule has 0 rings (SSSR count). The molecule has 0 aliphatic heterocycles. The van der Waals surface area contributed by atoms with Gasteiger partial charge >= 0.3 is 5.97 Å². The number of Topliss-reactive ketones (excluding diaryl/α,β-unsaturated/α-hetero) is 1. The van der Waals surface area contributed by atoms with Crippen molar-refractivity contribution in [3.8, 4) is 0 Å². The largest absolute Gasteiger partial charge is 0.454 e. The summed E-state index contributed by atoms with van der Waals surface area (Å²) in [6, 6.07) is 0. The fraction of sp³-hybridized carbons (Fsp3) is 0.750. The second kappa shape index (κ2) is 3.51. The van der Waals surface area contributed by atoms with Gasteiger partial charge in [0.15, 0.2) is 0 Å². The summed E-state index contributed by atoms with van der Waals surface area (Å²) in [5, 5.41) is 0. The zero-order valence-corrected chi connectivity index (χ0v) is 7.43. The van der Waals surface area contributed by atoms with E-state index in [-0.39, 0.29) is 6.42 Å². The summed E-state index contributed by atoms with van der Waals surface area (Å²) in [7, 11) is 0. The minimum atomic E-state index is -0.736. The van der Waals surface area contributed by atoms with Crippen molar-refractivity contribution in [2.75, 3.05) is 0 Å². The van der Waals surface area contributed by atoms with Gasteiger partial charge in [-0.3, -0.25) is 4.79 Å². The van der Waals surface area contributed by atoms with Gasteiger partial charge in [0.1, 0.15) is 5.60 Å². The lowest BCUT2D eigenvalue weighted by Crippen LogP contribution is -2.28. The van der Waals surface area contributed by atoms with Crippen LogP contribution in [0.1, 0.15) is 34.1 Å². The molecule has 64 valence electrons. The third kappa shape index (κ3) is 4.53. The van der Waals surface area contributed by atoms with Crippen LogP contribution in [0.25, 0.3) is 0 Å². The van der Waals surface area contributed by atoms with Crippen molar-refractivity contribution < 1.29 is 14.3 Å². The summed E-state index contributed by atoms with van der Waals surface area (Å²) in [6.07, 6.45) is 0.203. The van der Waals surface area contributed by atoms with Gasteiger partial charge in [-0.2, -0.15) is 0 Å². The Hall–Kier alpha value is -0.860. The van der Waals surface area contributed by atoms with Crippen molar-refractivity contribution in [1.29, 1.82) is 0 Å². The molecular weight excluding hydrogens is 144 g/mol. The van der Waals surface area contributed by atoms with Gasteiger partial charge in [-0.15, -0.1) is 0 Å². The van der Waals surface area contributed by atoms with E-state index in [0.29, 0.717) is 0 Å². The van der Waals surface area contributed by atoms with Gasteiger partial charge in [-0.05, 0) is 20.8 Å². The molecule has 0 amide bonds. The fourth-order valence-corrected chi connectivity index (χ4v) is 0.479. The molecule has 0 spiro atoms. The average molecular weight is 158 g/mol. The van der Waals surface area contributed by atoms with Crippen molar-refractivity contribution in [3.63, 3.8) is 0 Å². The molecule has 11 heavy (non-hydrogen) atoms. The lowest BCUT2D eigenvalue weighted by Gasteiger charge is -2.18. The zero-order chi connectivity index (χ0) is 9.07.